The van der Waals surface area contributed by atoms with E-state index in [1.54, 1.807) is 16.6 Å². The van der Waals surface area contributed by atoms with Crippen molar-refractivity contribution in [1.29, 1.82) is 0 Å². The zero-order valence-corrected chi connectivity index (χ0v) is 14.9. The van der Waals surface area contributed by atoms with Gasteiger partial charge in [0.2, 0.25) is 0 Å². The quantitative estimate of drug-likeness (QED) is 0.731. The average Bonchev–Trinajstić information content (AvgIpc) is 3.19. The van der Waals surface area contributed by atoms with E-state index in [4.69, 9.17) is 0 Å². The van der Waals surface area contributed by atoms with Gasteiger partial charge in [0, 0.05) is 39.1 Å². The highest BCUT2D eigenvalue weighted by atomic mass is 32.1. The lowest BCUT2D eigenvalue weighted by Gasteiger charge is -2.16. The molecule has 124 valence electrons. The SMILES string of the molecule is Cc1nc(N(C)c2ccn(C)n2)sc1C(=O)N(C)c1ccccc1. The number of aryl methyl sites for hydroxylation is 2. The molecular formula is C17H19N5OS. The summed E-state index contributed by atoms with van der Waals surface area (Å²) >= 11 is 1.38. The highest BCUT2D eigenvalue weighted by Crippen LogP contribution is 2.30. The first kappa shape index (κ1) is 16.2. The highest BCUT2D eigenvalue weighted by molar-refractivity contribution is 7.17. The normalized spacial score (nSPS) is 10.7. The van der Waals surface area contributed by atoms with E-state index >= 15 is 0 Å². The molecule has 0 aliphatic carbocycles. The molecule has 0 aliphatic heterocycles. The van der Waals surface area contributed by atoms with Crippen LogP contribution in [0.4, 0.5) is 16.6 Å². The summed E-state index contributed by atoms with van der Waals surface area (Å²) in [5.41, 5.74) is 1.58. The first-order valence-corrected chi connectivity index (χ1v) is 8.33. The van der Waals surface area contributed by atoms with Crippen molar-refractivity contribution in [3.8, 4) is 0 Å². The Labute approximate surface area is 145 Å². The van der Waals surface area contributed by atoms with Crippen molar-refractivity contribution in [2.75, 3.05) is 23.9 Å². The van der Waals surface area contributed by atoms with Crippen LogP contribution in [0.2, 0.25) is 0 Å². The van der Waals surface area contributed by atoms with Crippen molar-refractivity contribution < 1.29 is 4.79 Å². The Kier molecular flexibility index (Phi) is 4.35. The van der Waals surface area contributed by atoms with Crippen LogP contribution in [0.15, 0.2) is 42.6 Å². The number of nitrogens with zero attached hydrogens (tertiary/aromatic N) is 5. The van der Waals surface area contributed by atoms with Crippen molar-refractivity contribution in [2.45, 2.75) is 6.92 Å². The second-order valence-corrected chi connectivity index (χ2v) is 6.49. The van der Waals surface area contributed by atoms with Crippen molar-refractivity contribution >= 4 is 33.9 Å². The Balaban J connectivity index is 1.87. The van der Waals surface area contributed by atoms with Crippen LogP contribution in [-0.2, 0) is 7.05 Å². The number of thiazole rings is 1. The van der Waals surface area contributed by atoms with E-state index in [-0.39, 0.29) is 5.91 Å². The summed E-state index contributed by atoms with van der Waals surface area (Å²) in [7, 11) is 5.54. The predicted molar refractivity (Wildman–Crippen MR) is 97.3 cm³/mol. The maximum Gasteiger partial charge on any atom is 0.270 e. The molecule has 0 radical (unpaired) electrons. The Morgan fingerprint density at radius 2 is 1.88 bits per heavy atom. The first-order chi connectivity index (χ1) is 11.5. The van der Waals surface area contributed by atoms with E-state index in [0.29, 0.717) is 4.88 Å². The van der Waals surface area contributed by atoms with Crippen LogP contribution in [0.5, 0.6) is 0 Å². The molecule has 7 heteroatoms. The number of para-hydroxylation sites is 1. The molecule has 3 aromatic rings. The molecule has 24 heavy (non-hydrogen) atoms. The maximum atomic E-state index is 12.8. The number of amides is 1. The zero-order valence-electron chi connectivity index (χ0n) is 14.1. The summed E-state index contributed by atoms with van der Waals surface area (Å²) < 4.78 is 1.74. The summed E-state index contributed by atoms with van der Waals surface area (Å²) in [6.07, 6.45) is 1.88. The van der Waals surface area contributed by atoms with Crippen molar-refractivity contribution in [1.82, 2.24) is 14.8 Å². The standard InChI is InChI=1S/C17H19N5OS/c1-12-15(16(23)21(3)13-8-6-5-7-9-13)24-17(18-12)22(4)14-10-11-20(2)19-14/h5-11H,1-4H3. The molecule has 0 bridgehead atoms. The fraction of sp³-hybridized carbons (Fsp3) is 0.235. The molecule has 0 saturated heterocycles. The Morgan fingerprint density at radius 3 is 2.50 bits per heavy atom. The van der Waals surface area contributed by atoms with E-state index in [1.165, 1.54) is 11.3 Å². The lowest BCUT2D eigenvalue weighted by atomic mass is 10.3. The average molecular weight is 341 g/mol. The molecule has 6 nitrogen and oxygen atoms in total. The van der Waals surface area contributed by atoms with Crippen molar-refractivity contribution in [2.24, 2.45) is 7.05 Å². The molecule has 2 aromatic heterocycles. The van der Waals surface area contributed by atoms with Gasteiger partial charge in [0.1, 0.15) is 4.88 Å². The fourth-order valence-electron chi connectivity index (χ4n) is 2.32. The molecule has 0 atom stereocenters. The summed E-state index contributed by atoms with van der Waals surface area (Å²) in [6.45, 7) is 1.86. The number of carbonyl (C=O) groups is 1. The van der Waals surface area contributed by atoms with Crippen LogP contribution in [-0.4, -0.2) is 34.8 Å². The van der Waals surface area contributed by atoms with Crippen LogP contribution in [0.1, 0.15) is 15.4 Å². The number of rotatable bonds is 4. The third-order valence-electron chi connectivity index (χ3n) is 3.76. The molecule has 0 aliphatic rings. The Bertz CT molecular complexity index is 855. The second kappa shape index (κ2) is 6.45. The maximum absolute atomic E-state index is 12.8. The van der Waals surface area contributed by atoms with Crippen LogP contribution in [0.25, 0.3) is 0 Å². The minimum atomic E-state index is -0.0585. The molecule has 1 amide bonds. The summed E-state index contributed by atoms with van der Waals surface area (Å²) in [5, 5.41) is 5.11. The molecule has 2 heterocycles. The van der Waals surface area contributed by atoms with Gasteiger partial charge in [0.05, 0.1) is 5.69 Å². The largest absolute Gasteiger partial charge is 0.311 e. The van der Waals surface area contributed by atoms with Crippen LogP contribution in [0, 0.1) is 6.92 Å². The predicted octanol–water partition coefficient (Wildman–Crippen LogP) is 3.23. The smallest absolute Gasteiger partial charge is 0.270 e. The molecule has 0 fully saturated rings. The summed E-state index contributed by atoms with van der Waals surface area (Å²) in [4.78, 5) is 21.5. The number of aromatic nitrogens is 3. The van der Waals surface area contributed by atoms with E-state index in [9.17, 15) is 4.79 Å². The van der Waals surface area contributed by atoms with Gasteiger partial charge in [-0.25, -0.2) is 4.98 Å². The monoisotopic (exact) mass is 341 g/mol. The van der Waals surface area contributed by atoms with Crippen LogP contribution >= 0.6 is 11.3 Å². The van der Waals surface area contributed by atoms with Gasteiger partial charge in [0.25, 0.3) is 5.91 Å². The number of benzene rings is 1. The lowest BCUT2D eigenvalue weighted by Crippen LogP contribution is -2.25. The zero-order chi connectivity index (χ0) is 17.3. The topological polar surface area (TPSA) is 54.3 Å². The highest BCUT2D eigenvalue weighted by Gasteiger charge is 2.22. The minimum Gasteiger partial charge on any atom is -0.311 e. The Hall–Kier alpha value is -2.67. The van der Waals surface area contributed by atoms with E-state index in [0.717, 1.165) is 22.3 Å². The number of hydrogen-bond donors (Lipinski definition) is 0. The lowest BCUT2D eigenvalue weighted by molar-refractivity contribution is 0.0996. The van der Waals surface area contributed by atoms with Gasteiger partial charge < -0.3 is 9.80 Å². The van der Waals surface area contributed by atoms with E-state index in [2.05, 4.69) is 10.1 Å². The molecule has 0 unspecified atom stereocenters. The molecule has 1 aromatic carbocycles. The third kappa shape index (κ3) is 3.03. The minimum absolute atomic E-state index is 0.0585. The van der Waals surface area contributed by atoms with Crippen LogP contribution in [0.3, 0.4) is 0 Å². The van der Waals surface area contributed by atoms with Crippen molar-refractivity contribution in [3.05, 3.63) is 53.2 Å². The molecule has 3 rings (SSSR count). The van der Waals surface area contributed by atoms with Gasteiger partial charge in [-0.3, -0.25) is 9.48 Å². The number of carbonyl (C=O) groups excluding carboxylic acids is 1. The van der Waals surface area contributed by atoms with Gasteiger partial charge >= 0.3 is 0 Å². The molecular weight excluding hydrogens is 322 g/mol. The molecule has 0 N–H and O–H groups in total. The molecule has 0 spiro atoms. The Morgan fingerprint density at radius 1 is 1.17 bits per heavy atom. The third-order valence-corrected chi connectivity index (χ3v) is 4.98. The van der Waals surface area contributed by atoms with E-state index in [1.807, 2.05) is 68.5 Å². The van der Waals surface area contributed by atoms with Crippen molar-refractivity contribution in [3.63, 3.8) is 0 Å². The number of hydrogen-bond acceptors (Lipinski definition) is 5. The summed E-state index contributed by atoms with van der Waals surface area (Å²) in [6, 6.07) is 11.5. The number of anilines is 3. The summed E-state index contributed by atoms with van der Waals surface area (Å²) in [5.74, 6) is 0.735. The van der Waals surface area contributed by atoms with Gasteiger partial charge in [-0.05, 0) is 19.1 Å². The first-order valence-electron chi connectivity index (χ1n) is 7.51. The second-order valence-electron chi connectivity index (χ2n) is 5.52. The van der Waals surface area contributed by atoms with E-state index < -0.39 is 0 Å². The van der Waals surface area contributed by atoms with Gasteiger partial charge in [-0.15, -0.1) is 0 Å². The molecule has 0 saturated carbocycles. The van der Waals surface area contributed by atoms with Gasteiger partial charge in [0.15, 0.2) is 10.9 Å². The fourth-order valence-corrected chi connectivity index (χ4v) is 3.34. The van der Waals surface area contributed by atoms with Gasteiger partial charge in [-0.1, -0.05) is 29.5 Å². The van der Waals surface area contributed by atoms with Gasteiger partial charge in [-0.2, -0.15) is 5.10 Å². The van der Waals surface area contributed by atoms with Crippen LogP contribution < -0.4 is 9.80 Å².